The monoisotopic (exact) mass is 352 g/mol. The number of carbonyl (C=O) groups excluding carboxylic acids is 2. The lowest BCUT2D eigenvalue weighted by Crippen LogP contribution is -2.35. The zero-order valence-corrected chi connectivity index (χ0v) is 14.5. The van der Waals surface area contributed by atoms with Crippen molar-refractivity contribution >= 4 is 17.5 Å². The lowest BCUT2D eigenvalue weighted by molar-refractivity contribution is -0.126. The van der Waals surface area contributed by atoms with Gasteiger partial charge < -0.3 is 15.4 Å². The van der Waals surface area contributed by atoms with Crippen molar-refractivity contribution in [3.05, 3.63) is 47.0 Å². The highest BCUT2D eigenvalue weighted by Gasteiger charge is 2.31. The number of amides is 2. The standard InChI is InChI=1S/C19H20N4O3/c1-26-12-5-6-16-13(7-12)14(8-18(24)23-16)19(25)21-10-17-20-9-11-3-2-4-15(11)22-17/h5-7,9,14H,2-4,8,10H2,1H3,(H,21,25)(H,23,24)/t14-/m1/s1. The van der Waals surface area contributed by atoms with Crippen molar-refractivity contribution in [2.75, 3.05) is 12.4 Å². The van der Waals surface area contributed by atoms with Crippen LogP contribution in [0.5, 0.6) is 5.75 Å². The van der Waals surface area contributed by atoms with Gasteiger partial charge in [0.25, 0.3) is 0 Å². The molecule has 7 heteroatoms. The minimum Gasteiger partial charge on any atom is -0.497 e. The summed E-state index contributed by atoms with van der Waals surface area (Å²) in [6.07, 6.45) is 5.06. The highest BCUT2D eigenvalue weighted by atomic mass is 16.5. The average Bonchev–Trinajstić information content (AvgIpc) is 3.12. The molecular formula is C19H20N4O3. The van der Waals surface area contributed by atoms with E-state index in [-0.39, 0.29) is 24.8 Å². The second-order valence-electron chi connectivity index (χ2n) is 6.59. The molecule has 0 saturated carbocycles. The first-order chi connectivity index (χ1) is 12.6. The van der Waals surface area contributed by atoms with Crippen molar-refractivity contribution in [3.8, 4) is 5.75 Å². The number of aryl methyl sites for hydroxylation is 2. The molecule has 0 bridgehead atoms. The fourth-order valence-corrected chi connectivity index (χ4v) is 3.53. The largest absolute Gasteiger partial charge is 0.497 e. The first kappa shape index (κ1) is 16.5. The van der Waals surface area contributed by atoms with E-state index in [4.69, 9.17) is 4.74 Å². The third-order valence-electron chi connectivity index (χ3n) is 4.90. The quantitative estimate of drug-likeness (QED) is 0.874. The molecule has 7 nitrogen and oxygen atoms in total. The van der Waals surface area contributed by atoms with Crippen molar-refractivity contribution < 1.29 is 14.3 Å². The van der Waals surface area contributed by atoms with Gasteiger partial charge in [0, 0.05) is 24.0 Å². The molecule has 0 spiro atoms. The minimum atomic E-state index is -0.553. The smallest absolute Gasteiger partial charge is 0.228 e. The average molecular weight is 352 g/mol. The van der Waals surface area contributed by atoms with E-state index in [0.29, 0.717) is 17.3 Å². The number of rotatable bonds is 4. The topological polar surface area (TPSA) is 93.2 Å². The highest BCUT2D eigenvalue weighted by molar-refractivity contribution is 6.01. The second-order valence-corrected chi connectivity index (χ2v) is 6.59. The number of anilines is 1. The molecule has 2 N–H and O–H groups in total. The molecule has 4 rings (SSSR count). The number of hydrogen-bond acceptors (Lipinski definition) is 5. The molecule has 2 amide bonds. The molecule has 1 aromatic heterocycles. The van der Waals surface area contributed by atoms with Crippen molar-refractivity contribution in [1.82, 2.24) is 15.3 Å². The van der Waals surface area contributed by atoms with Gasteiger partial charge in [0.1, 0.15) is 11.6 Å². The Bertz CT molecular complexity index is 881. The van der Waals surface area contributed by atoms with Crippen LogP contribution in [0.2, 0.25) is 0 Å². The maximum Gasteiger partial charge on any atom is 0.228 e. The molecule has 0 unspecified atom stereocenters. The Labute approximate surface area is 151 Å². The second kappa shape index (κ2) is 6.74. The maximum atomic E-state index is 12.7. The van der Waals surface area contributed by atoms with E-state index < -0.39 is 5.92 Å². The van der Waals surface area contributed by atoms with Crippen LogP contribution in [0.25, 0.3) is 0 Å². The van der Waals surface area contributed by atoms with Gasteiger partial charge in [0.2, 0.25) is 11.8 Å². The van der Waals surface area contributed by atoms with E-state index in [1.807, 2.05) is 6.20 Å². The number of aromatic nitrogens is 2. The summed E-state index contributed by atoms with van der Waals surface area (Å²) in [5.41, 5.74) is 3.69. The van der Waals surface area contributed by atoms with Crippen LogP contribution in [0.1, 0.15) is 41.4 Å². The number of methoxy groups -OCH3 is 1. The lowest BCUT2D eigenvalue weighted by Gasteiger charge is -2.25. The molecule has 1 atom stereocenters. The van der Waals surface area contributed by atoms with E-state index >= 15 is 0 Å². The first-order valence-corrected chi connectivity index (χ1v) is 8.73. The van der Waals surface area contributed by atoms with Gasteiger partial charge in [0.15, 0.2) is 0 Å². The van der Waals surface area contributed by atoms with Crippen molar-refractivity contribution in [3.63, 3.8) is 0 Å². The first-order valence-electron chi connectivity index (χ1n) is 8.73. The minimum absolute atomic E-state index is 0.108. The van der Waals surface area contributed by atoms with Gasteiger partial charge in [-0.1, -0.05) is 0 Å². The molecule has 1 aromatic carbocycles. The van der Waals surface area contributed by atoms with Gasteiger partial charge in [-0.05, 0) is 48.6 Å². The Balaban J connectivity index is 1.50. The zero-order valence-electron chi connectivity index (χ0n) is 14.5. The molecule has 2 heterocycles. The SMILES string of the molecule is COc1ccc2c(c1)[C@H](C(=O)NCc1ncc3c(n1)CCC3)CC(=O)N2. The maximum absolute atomic E-state index is 12.7. The van der Waals surface area contributed by atoms with Crippen LogP contribution in [-0.4, -0.2) is 28.9 Å². The Hall–Kier alpha value is -2.96. The molecular weight excluding hydrogens is 332 g/mol. The summed E-state index contributed by atoms with van der Waals surface area (Å²) in [5.74, 6) is 0.322. The van der Waals surface area contributed by atoms with Crippen LogP contribution in [0.15, 0.2) is 24.4 Å². The Morgan fingerprint density at radius 3 is 3.12 bits per heavy atom. The van der Waals surface area contributed by atoms with E-state index in [2.05, 4.69) is 20.6 Å². The van der Waals surface area contributed by atoms with E-state index in [0.717, 1.165) is 30.5 Å². The van der Waals surface area contributed by atoms with Gasteiger partial charge in [-0.3, -0.25) is 9.59 Å². The van der Waals surface area contributed by atoms with Crippen molar-refractivity contribution in [1.29, 1.82) is 0 Å². The molecule has 1 aliphatic heterocycles. The third-order valence-corrected chi connectivity index (χ3v) is 4.90. The van der Waals surface area contributed by atoms with Crippen LogP contribution in [0.3, 0.4) is 0 Å². The van der Waals surface area contributed by atoms with Gasteiger partial charge in [0.05, 0.1) is 19.6 Å². The Morgan fingerprint density at radius 1 is 1.38 bits per heavy atom. The predicted molar refractivity (Wildman–Crippen MR) is 94.9 cm³/mol. The molecule has 0 saturated heterocycles. The summed E-state index contributed by atoms with van der Waals surface area (Å²) in [6.45, 7) is 0.254. The molecule has 0 radical (unpaired) electrons. The summed E-state index contributed by atoms with van der Waals surface area (Å²) in [5, 5.41) is 5.67. The number of ether oxygens (including phenoxy) is 1. The molecule has 2 aromatic rings. The third kappa shape index (κ3) is 3.12. The normalized spacial score (nSPS) is 17.9. The highest BCUT2D eigenvalue weighted by Crippen LogP contribution is 2.35. The molecule has 134 valence electrons. The zero-order chi connectivity index (χ0) is 18.1. The molecule has 0 fully saturated rings. The van der Waals surface area contributed by atoms with E-state index in [1.54, 1.807) is 25.3 Å². The number of benzene rings is 1. The van der Waals surface area contributed by atoms with E-state index in [9.17, 15) is 9.59 Å². The fraction of sp³-hybridized carbons (Fsp3) is 0.368. The summed E-state index contributed by atoms with van der Waals surface area (Å²) in [6, 6.07) is 5.32. The lowest BCUT2D eigenvalue weighted by atomic mass is 9.89. The van der Waals surface area contributed by atoms with Gasteiger partial charge >= 0.3 is 0 Å². The van der Waals surface area contributed by atoms with E-state index in [1.165, 1.54) is 5.56 Å². The van der Waals surface area contributed by atoms with Crippen LogP contribution < -0.4 is 15.4 Å². The summed E-state index contributed by atoms with van der Waals surface area (Å²) in [4.78, 5) is 33.5. The number of nitrogens with zero attached hydrogens (tertiary/aromatic N) is 2. The van der Waals surface area contributed by atoms with Crippen LogP contribution in [-0.2, 0) is 29.0 Å². The molecule has 1 aliphatic carbocycles. The predicted octanol–water partition coefficient (Wildman–Crippen LogP) is 1.72. The van der Waals surface area contributed by atoms with Crippen molar-refractivity contribution in [2.45, 2.75) is 38.1 Å². The molecule has 2 aliphatic rings. The number of fused-ring (bicyclic) bond motifs is 2. The number of hydrogen-bond donors (Lipinski definition) is 2. The van der Waals surface area contributed by atoms with Gasteiger partial charge in [-0.25, -0.2) is 9.97 Å². The van der Waals surface area contributed by atoms with Crippen LogP contribution >= 0.6 is 0 Å². The summed E-state index contributed by atoms with van der Waals surface area (Å²) >= 11 is 0. The number of nitrogens with one attached hydrogen (secondary N) is 2. The number of carbonyl (C=O) groups is 2. The van der Waals surface area contributed by atoms with Crippen LogP contribution in [0, 0.1) is 0 Å². The van der Waals surface area contributed by atoms with Gasteiger partial charge in [-0.2, -0.15) is 0 Å². The summed E-state index contributed by atoms with van der Waals surface area (Å²) in [7, 11) is 1.57. The fourth-order valence-electron chi connectivity index (χ4n) is 3.53. The summed E-state index contributed by atoms with van der Waals surface area (Å²) < 4.78 is 5.24. The van der Waals surface area contributed by atoms with Crippen molar-refractivity contribution in [2.24, 2.45) is 0 Å². The Morgan fingerprint density at radius 2 is 2.27 bits per heavy atom. The molecule has 26 heavy (non-hydrogen) atoms. The van der Waals surface area contributed by atoms with Crippen LogP contribution in [0.4, 0.5) is 5.69 Å². The Kier molecular flexibility index (Phi) is 4.28. The van der Waals surface area contributed by atoms with Gasteiger partial charge in [-0.15, -0.1) is 0 Å².